The Kier molecular flexibility index (Phi) is 7.69. The summed E-state index contributed by atoms with van der Waals surface area (Å²) < 4.78 is 15.8. The van der Waals surface area contributed by atoms with E-state index in [0.29, 0.717) is 57.8 Å². The summed E-state index contributed by atoms with van der Waals surface area (Å²) in [5.41, 5.74) is 0.477. The van der Waals surface area contributed by atoms with Crippen molar-refractivity contribution in [1.82, 2.24) is 9.80 Å². The SMILES string of the molecule is CCOC(=O)C1CCN(C(=O)CCN(C[C@@H]2CCCO2)C(=O)c2ccoc2)CC1. The van der Waals surface area contributed by atoms with Crippen LogP contribution in [0.4, 0.5) is 0 Å². The Hall–Kier alpha value is -2.35. The predicted molar refractivity (Wildman–Crippen MR) is 104 cm³/mol. The zero-order chi connectivity index (χ0) is 20.6. The van der Waals surface area contributed by atoms with Crippen LogP contribution in [0.25, 0.3) is 0 Å². The summed E-state index contributed by atoms with van der Waals surface area (Å²) in [4.78, 5) is 40.8. The summed E-state index contributed by atoms with van der Waals surface area (Å²) in [7, 11) is 0. The zero-order valence-corrected chi connectivity index (χ0v) is 17.0. The van der Waals surface area contributed by atoms with Crippen molar-refractivity contribution in [3.8, 4) is 0 Å². The highest BCUT2D eigenvalue weighted by Gasteiger charge is 2.29. The Balaban J connectivity index is 1.51. The van der Waals surface area contributed by atoms with Gasteiger partial charge in [-0.05, 0) is 38.7 Å². The monoisotopic (exact) mass is 406 g/mol. The number of hydrogen-bond acceptors (Lipinski definition) is 6. The smallest absolute Gasteiger partial charge is 0.309 e. The van der Waals surface area contributed by atoms with Crippen LogP contribution in [0.15, 0.2) is 23.0 Å². The minimum absolute atomic E-state index is 0.00430. The molecule has 0 N–H and O–H groups in total. The largest absolute Gasteiger partial charge is 0.472 e. The van der Waals surface area contributed by atoms with Crippen LogP contribution in [0.5, 0.6) is 0 Å². The van der Waals surface area contributed by atoms with Gasteiger partial charge in [-0.25, -0.2) is 0 Å². The highest BCUT2D eigenvalue weighted by atomic mass is 16.5. The minimum atomic E-state index is -0.173. The van der Waals surface area contributed by atoms with Gasteiger partial charge in [-0.15, -0.1) is 0 Å². The summed E-state index contributed by atoms with van der Waals surface area (Å²) in [6.45, 7) is 4.79. The molecule has 3 heterocycles. The molecule has 1 atom stereocenters. The number of amides is 2. The average molecular weight is 406 g/mol. The van der Waals surface area contributed by atoms with Crippen LogP contribution >= 0.6 is 0 Å². The average Bonchev–Trinajstić information content (AvgIpc) is 3.45. The third-order valence-corrected chi connectivity index (χ3v) is 5.57. The van der Waals surface area contributed by atoms with Crippen molar-refractivity contribution in [3.63, 3.8) is 0 Å². The number of hydrogen-bond donors (Lipinski definition) is 0. The van der Waals surface area contributed by atoms with E-state index < -0.39 is 0 Å². The van der Waals surface area contributed by atoms with Crippen molar-refractivity contribution in [2.24, 2.45) is 5.92 Å². The lowest BCUT2D eigenvalue weighted by Gasteiger charge is -2.32. The van der Waals surface area contributed by atoms with E-state index in [9.17, 15) is 14.4 Å². The van der Waals surface area contributed by atoms with Crippen molar-refractivity contribution >= 4 is 17.8 Å². The van der Waals surface area contributed by atoms with E-state index in [0.717, 1.165) is 12.8 Å². The van der Waals surface area contributed by atoms with E-state index in [4.69, 9.17) is 13.9 Å². The Morgan fingerprint density at radius 3 is 2.66 bits per heavy atom. The first-order valence-corrected chi connectivity index (χ1v) is 10.5. The zero-order valence-electron chi connectivity index (χ0n) is 17.0. The second-order valence-electron chi connectivity index (χ2n) is 7.56. The molecule has 1 aromatic rings. The first-order chi connectivity index (χ1) is 14.1. The second kappa shape index (κ2) is 10.4. The van der Waals surface area contributed by atoms with Gasteiger partial charge in [0.15, 0.2) is 0 Å². The van der Waals surface area contributed by atoms with Gasteiger partial charge in [-0.1, -0.05) is 0 Å². The number of carbonyl (C=O) groups excluding carboxylic acids is 3. The number of esters is 1. The first-order valence-electron chi connectivity index (χ1n) is 10.5. The van der Waals surface area contributed by atoms with Crippen molar-refractivity contribution in [2.45, 2.75) is 45.1 Å². The number of rotatable bonds is 8. The number of piperidine rings is 1. The van der Waals surface area contributed by atoms with E-state index in [1.807, 2.05) is 0 Å². The Labute approximate surface area is 171 Å². The molecule has 1 aromatic heterocycles. The summed E-state index contributed by atoms with van der Waals surface area (Å²) in [5.74, 6) is -0.446. The van der Waals surface area contributed by atoms with Gasteiger partial charge in [-0.3, -0.25) is 14.4 Å². The third-order valence-electron chi connectivity index (χ3n) is 5.57. The molecule has 2 aliphatic heterocycles. The third kappa shape index (κ3) is 5.82. The normalized spacial score (nSPS) is 19.9. The minimum Gasteiger partial charge on any atom is -0.472 e. The van der Waals surface area contributed by atoms with Gasteiger partial charge < -0.3 is 23.7 Å². The Bertz CT molecular complexity index is 675. The summed E-state index contributed by atoms with van der Waals surface area (Å²) in [5, 5.41) is 0. The lowest BCUT2D eigenvalue weighted by atomic mass is 9.97. The molecule has 0 aliphatic carbocycles. The van der Waals surface area contributed by atoms with Crippen molar-refractivity contribution in [3.05, 3.63) is 24.2 Å². The number of furan rings is 1. The maximum atomic E-state index is 12.8. The fourth-order valence-corrected chi connectivity index (χ4v) is 3.89. The van der Waals surface area contributed by atoms with E-state index in [1.165, 1.54) is 12.5 Å². The molecule has 29 heavy (non-hydrogen) atoms. The lowest BCUT2D eigenvalue weighted by Crippen LogP contribution is -2.43. The van der Waals surface area contributed by atoms with Crippen molar-refractivity contribution in [1.29, 1.82) is 0 Å². The molecule has 2 fully saturated rings. The molecule has 160 valence electrons. The molecule has 3 rings (SSSR count). The van der Waals surface area contributed by atoms with Crippen molar-refractivity contribution in [2.75, 3.05) is 39.4 Å². The van der Waals surface area contributed by atoms with Crippen LogP contribution in [0.2, 0.25) is 0 Å². The predicted octanol–water partition coefficient (Wildman–Crippen LogP) is 2.09. The number of carbonyl (C=O) groups is 3. The van der Waals surface area contributed by atoms with Crippen LogP contribution in [0.1, 0.15) is 49.4 Å². The molecule has 8 heteroatoms. The Morgan fingerprint density at radius 1 is 1.24 bits per heavy atom. The van der Waals surface area contributed by atoms with Gasteiger partial charge in [0.25, 0.3) is 5.91 Å². The van der Waals surface area contributed by atoms with Gasteiger partial charge in [0, 0.05) is 39.2 Å². The van der Waals surface area contributed by atoms with E-state index >= 15 is 0 Å². The van der Waals surface area contributed by atoms with Crippen LogP contribution in [-0.2, 0) is 19.1 Å². The maximum absolute atomic E-state index is 12.8. The molecule has 2 saturated heterocycles. The van der Waals surface area contributed by atoms with E-state index in [1.54, 1.807) is 22.8 Å². The Morgan fingerprint density at radius 2 is 2.03 bits per heavy atom. The molecular formula is C21H30N2O6. The summed E-state index contributed by atoms with van der Waals surface area (Å²) in [6, 6.07) is 1.63. The maximum Gasteiger partial charge on any atom is 0.309 e. The van der Waals surface area contributed by atoms with Crippen LogP contribution < -0.4 is 0 Å². The van der Waals surface area contributed by atoms with Crippen LogP contribution in [0, 0.1) is 5.92 Å². The fourth-order valence-electron chi connectivity index (χ4n) is 3.89. The van der Waals surface area contributed by atoms with Gasteiger partial charge in [-0.2, -0.15) is 0 Å². The topological polar surface area (TPSA) is 89.3 Å². The molecule has 2 aliphatic rings. The molecule has 0 saturated carbocycles. The summed E-state index contributed by atoms with van der Waals surface area (Å²) >= 11 is 0. The second-order valence-corrected chi connectivity index (χ2v) is 7.56. The van der Waals surface area contributed by atoms with Gasteiger partial charge in [0.2, 0.25) is 5.91 Å². The lowest BCUT2D eigenvalue weighted by molar-refractivity contribution is -0.151. The first kappa shape index (κ1) is 21.4. The standard InChI is InChI=1S/C21H30N2O6/c1-2-28-21(26)16-5-9-22(10-6-16)19(24)7-11-23(14-18-4-3-12-29-18)20(25)17-8-13-27-15-17/h8,13,15-16,18H,2-7,9-12,14H2,1H3/t18-/m0/s1. The highest BCUT2D eigenvalue weighted by Crippen LogP contribution is 2.20. The quantitative estimate of drug-likeness (QED) is 0.614. The summed E-state index contributed by atoms with van der Waals surface area (Å²) in [6.07, 6.45) is 6.32. The number of nitrogens with zero attached hydrogens (tertiary/aromatic N) is 2. The molecule has 2 amide bonds. The molecule has 0 radical (unpaired) electrons. The van der Waals surface area contributed by atoms with Crippen LogP contribution in [0.3, 0.4) is 0 Å². The van der Waals surface area contributed by atoms with Gasteiger partial charge >= 0.3 is 5.97 Å². The van der Waals surface area contributed by atoms with E-state index in [-0.39, 0.29) is 36.2 Å². The molecular weight excluding hydrogens is 376 g/mol. The van der Waals surface area contributed by atoms with Crippen LogP contribution in [-0.4, -0.2) is 73.1 Å². The molecule has 0 aromatic carbocycles. The van der Waals surface area contributed by atoms with Gasteiger partial charge in [0.1, 0.15) is 6.26 Å². The molecule has 0 spiro atoms. The van der Waals surface area contributed by atoms with E-state index in [2.05, 4.69) is 0 Å². The molecule has 0 bridgehead atoms. The fraction of sp³-hybridized carbons (Fsp3) is 0.667. The number of likely N-dealkylation sites (tertiary alicyclic amines) is 1. The van der Waals surface area contributed by atoms with Crippen molar-refractivity contribution < 1.29 is 28.3 Å². The number of ether oxygens (including phenoxy) is 2. The van der Waals surface area contributed by atoms with Gasteiger partial charge in [0.05, 0.1) is 30.5 Å². The molecule has 0 unspecified atom stereocenters. The molecule has 8 nitrogen and oxygen atoms in total. The highest BCUT2D eigenvalue weighted by molar-refractivity contribution is 5.94.